The van der Waals surface area contributed by atoms with E-state index in [-0.39, 0.29) is 18.4 Å². The van der Waals surface area contributed by atoms with E-state index in [2.05, 4.69) is 22.0 Å². The Bertz CT molecular complexity index is 407. The van der Waals surface area contributed by atoms with Crippen molar-refractivity contribution in [2.75, 3.05) is 6.61 Å². The van der Waals surface area contributed by atoms with Gasteiger partial charge >= 0.3 is 5.97 Å². The molecular weight excluding hydrogens is 305 g/mol. The number of esters is 1. The topological polar surface area (TPSA) is 52.3 Å². The van der Waals surface area contributed by atoms with Crippen LogP contribution in [0.15, 0.2) is 23.4 Å². The van der Waals surface area contributed by atoms with Crippen molar-refractivity contribution in [3.8, 4) is 0 Å². The van der Waals surface area contributed by atoms with Gasteiger partial charge in [0.25, 0.3) is 0 Å². The highest BCUT2D eigenvalue weighted by molar-refractivity contribution is 9.10. The van der Waals surface area contributed by atoms with Gasteiger partial charge < -0.3 is 10.5 Å². The maximum absolute atomic E-state index is 12.2. The van der Waals surface area contributed by atoms with Crippen LogP contribution in [-0.4, -0.2) is 16.9 Å². The molecule has 96 valence electrons. The van der Waals surface area contributed by atoms with Crippen LogP contribution >= 0.6 is 28.3 Å². The summed E-state index contributed by atoms with van der Waals surface area (Å²) in [6, 6.07) is 0. The molecule has 0 aliphatic heterocycles. The van der Waals surface area contributed by atoms with Crippen molar-refractivity contribution in [3.63, 3.8) is 0 Å². The van der Waals surface area contributed by atoms with Crippen LogP contribution in [0, 0.1) is 5.41 Å². The van der Waals surface area contributed by atoms with Crippen LogP contribution in [0.5, 0.6) is 0 Å². The molecule has 2 bridgehead atoms. The van der Waals surface area contributed by atoms with Gasteiger partial charge in [0.1, 0.15) is 5.41 Å². The lowest BCUT2D eigenvalue weighted by molar-refractivity contribution is -0.153. The number of halogens is 2. The van der Waals surface area contributed by atoms with Crippen molar-refractivity contribution >= 4 is 34.3 Å². The van der Waals surface area contributed by atoms with E-state index in [4.69, 9.17) is 10.5 Å². The average Bonchev–Trinajstić information content (AvgIpc) is 2.64. The van der Waals surface area contributed by atoms with Gasteiger partial charge in [0, 0.05) is 5.70 Å². The van der Waals surface area contributed by atoms with Gasteiger partial charge in [0.15, 0.2) is 0 Å². The highest BCUT2D eigenvalue weighted by atomic mass is 79.9. The summed E-state index contributed by atoms with van der Waals surface area (Å²) in [7, 11) is 0. The van der Waals surface area contributed by atoms with Crippen LogP contribution in [0.1, 0.15) is 26.7 Å². The summed E-state index contributed by atoms with van der Waals surface area (Å²) in [5.41, 5.74) is 7.13. The number of nitrogens with two attached hydrogens (primary N) is 1. The van der Waals surface area contributed by atoms with Crippen molar-refractivity contribution in [1.29, 1.82) is 0 Å². The fourth-order valence-corrected chi connectivity index (χ4v) is 3.77. The minimum atomic E-state index is -0.618. The van der Waals surface area contributed by atoms with Gasteiger partial charge in [0.05, 0.1) is 10.9 Å². The Hall–Kier alpha value is -0.480. The molecule has 0 amide bonds. The Morgan fingerprint density at radius 2 is 2.24 bits per heavy atom. The van der Waals surface area contributed by atoms with Crippen LogP contribution in [0.3, 0.4) is 0 Å². The van der Waals surface area contributed by atoms with E-state index in [1.165, 1.54) is 0 Å². The van der Waals surface area contributed by atoms with Gasteiger partial charge in [-0.05, 0) is 31.4 Å². The highest BCUT2D eigenvalue weighted by Crippen LogP contribution is 2.62. The lowest BCUT2D eigenvalue weighted by atomic mass is 9.75. The zero-order valence-corrected chi connectivity index (χ0v) is 12.4. The first-order chi connectivity index (χ1) is 7.53. The lowest BCUT2D eigenvalue weighted by Gasteiger charge is -2.36. The molecule has 0 aromatic carbocycles. The molecule has 0 aromatic rings. The number of alkyl halides is 1. The van der Waals surface area contributed by atoms with Crippen LogP contribution in [0.2, 0.25) is 0 Å². The Labute approximate surface area is 116 Å². The molecule has 2 atom stereocenters. The minimum absolute atomic E-state index is 0. The molecule has 0 aromatic heterocycles. The van der Waals surface area contributed by atoms with Crippen molar-refractivity contribution in [3.05, 3.63) is 23.4 Å². The molecule has 0 heterocycles. The number of rotatable bonds is 3. The summed E-state index contributed by atoms with van der Waals surface area (Å²) >= 11 is 3.66. The second kappa shape index (κ2) is 4.65. The molecule has 2 N–H and O–H groups in total. The molecule has 3 nitrogen and oxygen atoms in total. The molecule has 0 saturated heterocycles. The fourth-order valence-electron chi connectivity index (χ4n) is 2.82. The first-order valence-corrected chi connectivity index (χ1v) is 6.36. The molecule has 2 rings (SSSR count). The zero-order valence-electron chi connectivity index (χ0n) is 9.96. The monoisotopic (exact) mass is 321 g/mol. The lowest BCUT2D eigenvalue weighted by Crippen LogP contribution is -2.47. The third kappa shape index (κ3) is 1.57. The van der Waals surface area contributed by atoms with E-state index in [0.29, 0.717) is 13.0 Å². The Morgan fingerprint density at radius 1 is 1.59 bits per heavy atom. The van der Waals surface area contributed by atoms with E-state index in [1.54, 1.807) is 0 Å². The standard InChI is InChI=1S/C12H16BrNO2.ClH/c1-3-11(10(15)16-4-2)8-5-6-12(11,13)9(14)7-8;/h5,7H,3-4,6,14H2,1-2H3;1H/t11?,12-;/m0./s1. The van der Waals surface area contributed by atoms with Gasteiger partial charge in [-0.3, -0.25) is 4.79 Å². The number of ether oxygens (including phenoxy) is 1. The van der Waals surface area contributed by atoms with E-state index >= 15 is 0 Å². The molecule has 0 saturated carbocycles. The van der Waals surface area contributed by atoms with Crippen LogP contribution in [-0.2, 0) is 9.53 Å². The van der Waals surface area contributed by atoms with Crippen molar-refractivity contribution < 1.29 is 9.53 Å². The van der Waals surface area contributed by atoms with E-state index in [1.807, 2.05) is 19.9 Å². The molecule has 0 fully saturated rings. The maximum atomic E-state index is 12.2. The number of hydrogen-bond donors (Lipinski definition) is 1. The molecule has 17 heavy (non-hydrogen) atoms. The third-order valence-electron chi connectivity index (χ3n) is 3.70. The van der Waals surface area contributed by atoms with Gasteiger partial charge in [-0.25, -0.2) is 0 Å². The first-order valence-electron chi connectivity index (χ1n) is 5.57. The Morgan fingerprint density at radius 3 is 2.59 bits per heavy atom. The predicted molar refractivity (Wildman–Crippen MR) is 73.2 cm³/mol. The second-order valence-electron chi connectivity index (χ2n) is 4.24. The van der Waals surface area contributed by atoms with Crippen molar-refractivity contribution in [1.82, 2.24) is 0 Å². The molecule has 2 aliphatic carbocycles. The average molecular weight is 323 g/mol. The highest BCUT2D eigenvalue weighted by Gasteiger charge is 2.64. The molecule has 5 heteroatoms. The first kappa shape index (κ1) is 14.6. The summed E-state index contributed by atoms with van der Waals surface area (Å²) in [4.78, 5) is 12.2. The number of carbonyl (C=O) groups is 1. The number of hydrogen-bond acceptors (Lipinski definition) is 3. The predicted octanol–water partition coefficient (Wildman–Crippen LogP) is 2.69. The van der Waals surface area contributed by atoms with Gasteiger partial charge in [-0.1, -0.05) is 28.9 Å². The largest absolute Gasteiger partial charge is 0.465 e. The van der Waals surface area contributed by atoms with Crippen molar-refractivity contribution in [2.45, 2.75) is 31.0 Å². The summed E-state index contributed by atoms with van der Waals surface area (Å²) in [6.45, 7) is 4.22. The second-order valence-corrected chi connectivity index (χ2v) is 5.60. The number of fused-ring (bicyclic) bond motifs is 2. The maximum Gasteiger partial charge on any atom is 0.318 e. The van der Waals surface area contributed by atoms with Gasteiger partial charge in [-0.2, -0.15) is 0 Å². The third-order valence-corrected chi connectivity index (χ3v) is 5.15. The summed E-state index contributed by atoms with van der Waals surface area (Å²) < 4.78 is 4.75. The summed E-state index contributed by atoms with van der Waals surface area (Å²) in [5.74, 6) is -0.171. The Kier molecular flexibility index (Phi) is 3.99. The van der Waals surface area contributed by atoms with Crippen molar-refractivity contribution in [2.24, 2.45) is 11.1 Å². The molecule has 0 radical (unpaired) electrons. The minimum Gasteiger partial charge on any atom is -0.465 e. The van der Waals surface area contributed by atoms with Crippen LogP contribution < -0.4 is 5.73 Å². The summed E-state index contributed by atoms with van der Waals surface area (Å²) in [6.07, 6.45) is 5.43. The quantitative estimate of drug-likeness (QED) is 0.642. The normalized spacial score (nSPS) is 33.8. The fraction of sp³-hybridized carbons (Fsp3) is 0.583. The van der Waals surface area contributed by atoms with E-state index < -0.39 is 9.74 Å². The van der Waals surface area contributed by atoms with Gasteiger partial charge in [0.2, 0.25) is 0 Å². The van der Waals surface area contributed by atoms with E-state index in [9.17, 15) is 4.79 Å². The SMILES string of the molecule is CCOC(=O)C1(CC)C2=CC[C@]1(Br)C(N)=C2.Cl. The molecular formula is C12H17BrClNO2. The number of allylic oxidation sites excluding steroid dienone is 3. The van der Waals surface area contributed by atoms with E-state index in [0.717, 1.165) is 17.7 Å². The smallest absolute Gasteiger partial charge is 0.318 e. The summed E-state index contributed by atoms with van der Waals surface area (Å²) in [5, 5.41) is 0. The molecule has 2 aliphatic rings. The zero-order chi connectivity index (χ0) is 12.0. The van der Waals surface area contributed by atoms with Crippen LogP contribution in [0.25, 0.3) is 0 Å². The number of carbonyl (C=O) groups excluding carboxylic acids is 1. The van der Waals surface area contributed by atoms with Gasteiger partial charge in [-0.15, -0.1) is 12.4 Å². The van der Waals surface area contributed by atoms with Crippen LogP contribution in [0.4, 0.5) is 0 Å². The molecule has 1 unspecified atom stereocenters. The Balaban J connectivity index is 0.00000144. The molecule has 0 spiro atoms.